The van der Waals surface area contributed by atoms with Crippen LogP contribution in [-0.4, -0.2) is 84.5 Å². The zero-order chi connectivity index (χ0) is 30.9. The van der Waals surface area contributed by atoms with Crippen molar-refractivity contribution >= 4 is 34.9 Å². The Morgan fingerprint density at radius 1 is 0.977 bits per heavy atom. The van der Waals surface area contributed by atoms with Gasteiger partial charge < -0.3 is 14.0 Å². The van der Waals surface area contributed by atoms with E-state index in [9.17, 15) is 9.59 Å². The number of ether oxygens (including phenoxy) is 2. The van der Waals surface area contributed by atoms with Crippen molar-refractivity contribution in [3.05, 3.63) is 92.6 Å². The van der Waals surface area contributed by atoms with Gasteiger partial charge >= 0.3 is 6.09 Å². The molecule has 11 nitrogen and oxygen atoms in total. The second-order valence-electron chi connectivity index (χ2n) is 10.3. The van der Waals surface area contributed by atoms with Gasteiger partial charge in [0.1, 0.15) is 12.4 Å². The van der Waals surface area contributed by atoms with Crippen LogP contribution >= 0.6 is 22.9 Å². The fourth-order valence-corrected chi connectivity index (χ4v) is 5.87. The summed E-state index contributed by atoms with van der Waals surface area (Å²) in [6.45, 7) is 8.85. The Balaban J connectivity index is 0.983. The molecule has 1 aliphatic rings. The normalized spacial score (nSPS) is 14.7. The Labute approximate surface area is 265 Å². The summed E-state index contributed by atoms with van der Waals surface area (Å²) in [5.41, 5.74) is 8.10. The smallest absolute Gasteiger partial charge is 0.426 e. The highest BCUT2D eigenvalue weighted by atomic mass is 35.5. The number of carbonyl (C=O) groups excluding carboxylic acids is 2. The molecule has 2 N–H and O–H groups in total. The van der Waals surface area contributed by atoms with Gasteiger partial charge in [0.2, 0.25) is 0 Å². The number of aryl methyl sites for hydroxylation is 2. The molecule has 1 fully saturated rings. The molecule has 0 saturated carbocycles. The molecule has 5 rings (SSSR count). The van der Waals surface area contributed by atoms with Crippen LogP contribution in [-0.2, 0) is 9.47 Å². The van der Waals surface area contributed by atoms with E-state index in [1.807, 2.05) is 30.5 Å². The summed E-state index contributed by atoms with van der Waals surface area (Å²) in [5.74, 6) is -0.185. The Bertz CT molecular complexity index is 1520. The van der Waals surface area contributed by atoms with Crippen LogP contribution in [0.4, 0.5) is 4.79 Å². The predicted molar refractivity (Wildman–Crippen MR) is 168 cm³/mol. The molecule has 1 atom stereocenters. The molecule has 1 aliphatic heterocycles. The number of hydrogen-bond acceptors (Lipinski definition) is 10. The maximum Gasteiger partial charge on any atom is 0.426 e. The first-order valence-electron chi connectivity index (χ1n) is 14.4. The standard InChI is InChI=1S/C31H35ClN6O5S/c1-21-27(26-20-44-22(2)33-26)28(36-43-21)30(39)34-35-31(40)42-19-18-41-17-16-37-12-14-38(15-13-37)29(23-6-4-3-5-7-23)24-8-10-25(32)11-9-24/h3-11,20,29H,12-19H2,1-2H3,(H,34,39)(H,35,40). The molecule has 13 heteroatoms. The highest BCUT2D eigenvalue weighted by Crippen LogP contribution is 2.31. The van der Waals surface area contributed by atoms with Crippen molar-refractivity contribution < 1.29 is 23.6 Å². The topological polar surface area (TPSA) is 122 Å². The Hall–Kier alpha value is -3.81. The van der Waals surface area contributed by atoms with E-state index in [2.05, 4.69) is 67.2 Å². The molecule has 0 radical (unpaired) electrons. The minimum Gasteiger partial charge on any atom is -0.446 e. The number of aromatic nitrogens is 2. The minimum atomic E-state index is -0.807. The maximum absolute atomic E-state index is 12.6. The van der Waals surface area contributed by atoms with E-state index in [0.717, 1.165) is 42.8 Å². The number of amides is 2. The lowest BCUT2D eigenvalue weighted by Crippen LogP contribution is -2.48. The summed E-state index contributed by atoms with van der Waals surface area (Å²) in [5, 5.41) is 7.21. The van der Waals surface area contributed by atoms with Gasteiger partial charge in [-0.3, -0.25) is 20.0 Å². The number of rotatable bonds is 11. The minimum absolute atomic E-state index is 0.0258. The first kappa shape index (κ1) is 31.6. The number of hydrogen-bond donors (Lipinski definition) is 2. The van der Waals surface area contributed by atoms with Crippen LogP contribution in [0.5, 0.6) is 0 Å². The Kier molecular flexibility index (Phi) is 11.0. The van der Waals surface area contributed by atoms with Crippen molar-refractivity contribution in [1.29, 1.82) is 0 Å². The van der Waals surface area contributed by atoms with E-state index in [-0.39, 0.29) is 24.9 Å². The third kappa shape index (κ3) is 8.21. The van der Waals surface area contributed by atoms with Gasteiger partial charge in [-0.05, 0) is 37.1 Å². The summed E-state index contributed by atoms with van der Waals surface area (Å²) < 4.78 is 16.0. The van der Waals surface area contributed by atoms with Crippen LogP contribution in [0.15, 0.2) is 64.5 Å². The molecular formula is C31H35ClN6O5S. The summed E-state index contributed by atoms with van der Waals surface area (Å²) in [7, 11) is 0. The molecule has 2 aromatic heterocycles. The molecule has 44 heavy (non-hydrogen) atoms. The average molecular weight is 639 g/mol. The van der Waals surface area contributed by atoms with Crippen LogP contribution in [0, 0.1) is 13.8 Å². The van der Waals surface area contributed by atoms with Crippen molar-refractivity contribution in [2.45, 2.75) is 19.9 Å². The third-order valence-electron chi connectivity index (χ3n) is 7.32. The number of piperazine rings is 1. The molecule has 2 amide bonds. The molecule has 4 aromatic rings. The fraction of sp³-hybridized carbons (Fsp3) is 0.355. The molecule has 0 aliphatic carbocycles. The zero-order valence-corrected chi connectivity index (χ0v) is 26.2. The molecule has 232 valence electrons. The Morgan fingerprint density at radius 3 is 2.41 bits per heavy atom. The summed E-state index contributed by atoms with van der Waals surface area (Å²) in [6.07, 6.45) is -0.807. The van der Waals surface area contributed by atoms with E-state index in [4.69, 9.17) is 25.6 Å². The summed E-state index contributed by atoms with van der Waals surface area (Å²) in [4.78, 5) is 33.9. The van der Waals surface area contributed by atoms with E-state index < -0.39 is 12.0 Å². The number of hydrazine groups is 1. The first-order valence-corrected chi connectivity index (χ1v) is 15.6. The molecule has 1 unspecified atom stereocenters. The van der Waals surface area contributed by atoms with Gasteiger partial charge in [-0.1, -0.05) is 59.2 Å². The van der Waals surface area contributed by atoms with Gasteiger partial charge in [0, 0.05) is 43.1 Å². The van der Waals surface area contributed by atoms with E-state index in [1.165, 1.54) is 22.5 Å². The number of halogens is 1. The highest BCUT2D eigenvalue weighted by Gasteiger charge is 2.26. The van der Waals surface area contributed by atoms with E-state index in [0.29, 0.717) is 23.6 Å². The molecule has 3 heterocycles. The molecule has 0 bridgehead atoms. The van der Waals surface area contributed by atoms with Gasteiger partial charge in [0.25, 0.3) is 5.91 Å². The fourth-order valence-electron chi connectivity index (χ4n) is 5.14. The highest BCUT2D eigenvalue weighted by molar-refractivity contribution is 7.09. The third-order valence-corrected chi connectivity index (χ3v) is 8.34. The van der Waals surface area contributed by atoms with Gasteiger partial charge in [0.15, 0.2) is 5.69 Å². The van der Waals surface area contributed by atoms with Crippen LogP contribution in [0.1, 0.15) is 38.4 Å². The van der Waals surface area contributed by atoms with Crippen LogP contribution in [0.2, 0.25) is 5.02 Å². The SMILES string of the molecule is Cc1nc(-c2c(C(=O)NNC(=O)OCCOCCN3CCN(C(c4ccccc4)c4ccc(Cl)cc4)CC3)noc2C)cs1. The number of benzene rings is 2. The summed E-state index contributed by atoms with van der Waals surface area (Å²) in [6, 6.07) is 18.8. The van der Waals surface area contributed by atoms with Crippen LogP contribution < -0.4 is 10.9 Å². The van der Waals surface area contributed by atoms with Gasteiger partial charge in [-0.15, -0.1) is 11.3 Å². The van der Waals surface area contributed by atoms with E-state index in [1.54, 1.807) is 6.92 Å². The summed E-state index contributed by atoms with van der Waals surface area (Å²) >= 11 is 7.60. The molecule has 1 saturated heterocycles. The second-order valence-corrected chi connectivity index (χ2v) is 11.8. The second kappa shape index (κ2) is 15.3. The van der Waals surface area contributed by atoms with E-state index >= 15 is 0 Å². The van der Waals surface area contributed by atoms with Crippen LogP contribution in [0.3, 0.4) is 0 Å². The number of thiazole rings is 1. The van der Waals surface area contributed by atoms with Crippen molar-refractivity contribution in [3.8, 4) is 11.3 Å². The van der Waals surface area contributed by atoms with Gasteiger partial charge in [0.05, 0.1) is 35.5 Å². The Morgan fingerprint density at radius 2 is 1.70 bits per heavy atom. The van der Waals surface area contributed by atoms with Crippen molar-refractivity contribution in [2.24, 2.45) is 0 Å². The number of nitrogens with zero attached hydrogens (tertiary/aromatic N) is 4. The van der Waals surface area contributed by atoms with Gasteiger partial charge in [-0.25, -0.2) is 15.2 Å². The lowest BCUT2D eigenvalue weighted by molar-refractivity contribution is 0.0444. The largest absolute Gasteiger partial charge is 0.446 e. The van der Waals surface area contributed by atoms with Crippen molar-refractivity contribution in [1.82, 2.24) is 30.8 Å². The molecule has 0 spiro atoms. The maximum atomic E-state index is 12.6. The zero-order valence-electron chi connectivity index (χ0n) is 24.6. The van der Waals surface area contributed by atoms with Gasteiger partial charge in [-0.2, -0.15) is 0 Å². The van der Waals surface area contributed by atoms with Crippen LogP contribution in [0.25, 0.3) is 11.3 Å². The average Bonchev–Trinajstić information content (AvgIpc) is 3.64. The molecule has 2 aromatic carbocycles. The lowest BCUT2D eigenvalue weighted by Gasteiger charge is -2.39. The predicted octanol–water partition coefficient (Wildman–Crippen LogP) is 4.86. The monoisotopic (exact) mass is 638 g/mol. The quantitative estimate of drug-likeness (QED) is 0.175. The lowest BCUT2D eigenvalue weighted by atomic mass is 9.96. The number of carbonyl (C=O) groups is 2. The van der Waals surface area contributed by atoms with Crippen molar-refractivity contribution in [2.75, 3.05) is 52.5 Å². The first-order chi connectivity index (χ1) is 21.4. The van der Waals surface area contributed by atoms with Crippen molar-refractivity contribution in [3.63, 3.8) is 0 Å². The number of nitrogens with one attached hydrogen (secondary N) is 2. The molecular weight excluding hydrogens is 604 g/mol.